The molecule has 1 aromatic heterocycles. The molecule has 22 heavy (non-hydrogen) atoms. The monoisotopic (exact) mass is 337 g/mol. The summed E-state index contributed by atoms with van der Waals surface area (Å²) in [5.41, 5.74) is 1.49. The van der Waals surface area contributed by atoms with Crippen molar-refractivity contribution in [1.29, 1.82) is 0 Å². The maximum atomic E-state index is 12.1. The number of thioether (sulfide) groups is 1. The standard InChI is InChI=1S/C14H15N3O3S2/c1-3-20-11(18)8-21-14-17-16-13(22-14)15-12(19)10-7-5-4-6-9(10)2/h4-7H,3,8H2,1-2H3,(H,15,16,19). The number of benzene rings is 1. The van der Waals surface area contributed by atoms with E-state index in [1.54, 1.807) is 13.0 Å². The number of rotatable bonds is 6. The van der Waals surface area contributed by atoms with Crippen LogP contribution in [0.15, 0.2) is 28.6 Å². The molecular formula is C14H15N3O3S2. The van der Waals surface area contributed by atoms with E-state index < -0.39 is 0 Å². The third-order valence-corrected chi connectivity index (χ3v) is 4.58. The van der Waals surface area contributed by atoms with Gasteiger partial charge in [-0.2, -0.15) is 0 Å². The van der Waals surface area contributed by atoms with E-state index in [1.807, 2.05) is 25.1 Å². The molecule has 0 fully saturated rings. The summed E-state index contributed by atoms with van der Waals surface area (Å²) in [6.07, 6.45) is 0. The fraction of sp³-hybridized carbons (Fsp3) is 0.286. The Morgan fingerprint density at radius 2 is 2.09 bits per heavy atom. The Labute approximate surface area is 136 Å². The molecule has 1 amide bonds. The summed E-state index contributed by atoms with van der Waals surface area (Å²) < 4.78 is 5.44. The van der Waals surface area contributed by atoms with Crippen molar-refractivity contribution < 1.29 is 14.3 Å². The average molecular weight is 337 g/mol. The van der Waals surface area contributed by atoms with Crippen LogP contribution in [-0.2, 0) is 9.53 Å². The number of aromatic nitrogens is 2. The van der Waals surface area contributed by atoms with Gasteiger partial charge in [-0.3, -0.25) is 14.9 Å². The van der Waals surface area contributed by atoms with Crippen LogP contribution in [0.5, 0.6) is 0 Å². The highest BCUT2D eigenvalue weighted by Crippen LogP contribution is 2.26. The number of esters is 1. The lowest BCUT2D eigenvalue weighted by Crippen LogP contribution is -2.12. The van der Waals surface area contributed by atoms with Crippen LogP contribution in [-0.4, -0.2) is 34.4 Å². The lowest BCUT2D eigenvalue weighted by Gasteiger charge is -2.03. The van der Waals surface area contributed by atoms with E-state index in [2.05, 4.69) is 15.5 Å². The Hall–Kier alpha value is -1.93. The molecular weight excluding hydrogens is 322 g/mol. The molecule has 1 aromatic carbocycles. The van der Waals surface area contributed by atoms with Gasteiger partial charge in [0.05, 0.1) is 12.4 Å². The summed E-state index contributed by atoms with van der Waals surface area (Å²) in [5, 5.41) is 10.9. The van der Waals surface area contributed by atoms with Gasteiger partial charge in [-0.15, -0.1) is 10.2 Å². The van der Waals surface area contributed by atoms with Gasteiger partial charge in [0.15, 0.2) is 4.34 Å². The van der Waals surface area contributed by atoms with E-state index in [1.165, 1.54) is 23.1 Å². The molecule has 0 saturated carbocycles. The van der Waals surface area contributed by atoms with Crippen LogP contribution < -0.4 is 5.32 Å². The van der Waals surface area contributed by atoms with E-state index in [0.717, 1.165) is 5.56 Å². The van der Waals surface area contributed by atoms with Crippen molar-refractivity contribution in [2.45, 2.75) is 18.2 Å². The largest absolute Gasteiger partial charge is 0.465 e. The van der Waals surface area contributed by atoms with Gasteiger partial charge < -0.3 is 4.74 Å². The molecule has 0 aliphatic heterocycles. The van der Waals surface area contributed by atoms with E-state index in [9.17, 15) is 9.59 Å². The average Bonchev–Trinajstić information content (AvgIpc) is 2.93. The Bertz CT molecular complexity index is 673. The predicted molar refractivity (Wildman–Crippen MR) is 86.4 cm³/mol. The molecule has 0 spiro atoms. The highest BCUT2D eigenvalue weighted by molar-refractivity contribution is 8.01. The SMILES string of the molecule is CCOC(=O)CSc1nnc(NC(=O)c2ccccc2C)s1. The molecule has 8 heteroatoms. The molecule has 0 radical (unpaired) electrons. The highest BCUT2D eigenvalue weighted by Gasteiger charge is 2.13. The lowest BCUT2D eigenvalue weighted by atomic mass is 10.1. The van der Waals surface area contributed by atoms with E-state index in [-0.39, 0.29) is 17.6 Å². The van der Waals surface area contributed by atoms with Gasteiger partial charge in [-0.05, 0) is 25.5 Å². The van der Waals surface area contributed by atoms with E-state index in [4.69, 9.17) is 4.74 Å². The minimum atomic E-state index is -0.298. The topological polar surface area (TPSA) is 81.2 Å². The molecule has 2 aromatic rings. The van der Waals surface area contributed by atoms with Crippen LogP contribution in [0.3, 0.4) is 0 Å². The highest BCUT2D eigenvalue weighted by atomic mass is 32.2. The molecule has 0 unspecified atom stereocenters. The van der Waals surface area contributed by atoms with Gasteiger partial charge in [-0.1, -0.05) is 41.3 Å². The maximum Gasteiger partial charge on any atom is 0.316 e. The number of nitrogens with one attached hydrogen (secondary N) is 1. The normalized spacial score (nSPS) is 10.3. The number of ether oxygens (including phenoxy) is 1. The minimum Gasteiger partial charge on any atom is -0.465 e. The van der Waals surface area contributed by atoms with Crippen molar-refractivity contribution in [3.63, 3.8) is 0 Å². The first-order valence-electron chi connectivity index (χ1n) is 6.59. The van der Waals surface area contributed by atoms with Crippen LogP contribution in [0.1, 0.15) is 22.8 Å². The first-order valence-corrected chi connectivity index (χ1v) is 8.39. The zero-order valence-corrected chi connectivity index (χ0v) is 13.8. The van der Waals surface area contributed by atoms with Gasteiger partial charge in [0.1, 0.15) is 0 Å². The molecule has 6 nitrogen and oxygen atoms in total. The van der Waals surface area contributed by atoms with Crippen molar-refractivity contribution in [2.75, 3.05) is 17.7 Å². The number of carbonyl (C=O) groups excluding carboxylic acids is 2. The zero-order valence-electron chi connectivity index (χ0n) is 12.2. The van der Waals surface area contributed by atoms with Gasteiger partial charge >= 0.3 is 5.97 Å². The molecule has 1 heterocycles. The number of nitrogens with zero attached hydrogens (tertiary/aromatic N) is 2. The first-order chi connectivity index (χ1) is 10.6. The Kier molecular flexibility index (Phi) is 5.91. The molecule has 0 aliphatic carbocycles. The maximum absolute atomic E-state index is 12.1. The Morgan fingerprint density at radius 3 is 2.82 bits per heavy atom. The summed E-state index contributed by atoms with van der Waals surface area (Å²) >= 11 is 2.46. The van der Waals surface area contributed by atoms with Gasteiger partial charge in [0.25, 0.3) is 5.91 Å². The fourth-order valence-electron chi connectivity index (χ4n) is 1.63. The third kappa shape index (κ3) is 4.54. The summed E-state index contributed by atoms with van der Waals surface area (Å²) in [7, 11) is 0. The molecule has 2 rings (SSSR count). The van der Waals surface area contributed by atoms with Crippen molar-refractivity contribution in [3.05, 3.63) is 35.4 Å². The van der Waals surface area contributed by atoms with Crippen molar-refractivity contribution in [2.24, 2.45) is 0 Å². The third-order valence-electron chi connectivity index (χ3n) is 2.64. The van der Waals surface area contributed by atoms with Gasteiger partial charge in [-0.25, -0.2) is 0 Å². The number of anilines is 1. The Balaban J connectivity index is 1.93. The molecule has 116 valence electrons. The number of amides is 1. The molecule has 0 aliphatic rings. The summed E-state index contributed by atoms with van der Waals surface area (Å²) in [5.74, 6) is -0.349. The Morgan fingerprint density at radius 1 is 1.32 bits per heavy atom. The second-order valence-electron chi connectivity index (χ2n) is 4.24. The second kappa shape index (κ2) is 7.90. The number of hydrogen-bond donors (Lipinski definition) is 1. The van der Waals surface area contributed by atoms with Crippen LogP contribution in [0.25, 0.3) is 0 Å². The van der Waals surface area contributed by atoms with Crippen LogP contribution >= 0.6 is 23.1 Å². The minimum absolute atomic E-state index is 0.175. The van der Waals surface area contributed by atoms with Gasteiger partial charge in [0, 0.05) is 5.56 Å². The summed E-state index contributed by atoms with van der Waals surface area (Å²) in [6.45, 7) is 3.98. The van der Waals surface area contributed by atoms with Gasteiger partial charge in [0.2, 0.25) is 5.13 Å². The molecule has 1 N–H and O–H groups in total. The second-order valence-corrected chi connectivity index (χ2v) is 6.44. The van der Waals surface area contributed by atoms with Crippen LogP contribution in [0.4, 0.5) is 5.13 Å². The van der Waals surface area contributed by atoms with Crippen molar-refractivity contribution >= 4 is 40.1 Å². The van der Waals surface area contributed by atoms with E-state index >= 15 is 0 Å². The quantitative estimate of drug-likeness (QED) is 0.496. The predicted octanol–water partition coefficient (Wildman–Crippen LogP) is 2.75. The first kappa shape index (κ1) is 16.4. The summed E-state index contributed by atoms with van der Waals surface area (Å²) in [6, 6.07) is 7.31. The number of hydrogen-bond acceptors (Lipinski definition) is 7. The van der Waals surface area contributed by atoms with Crippen molar-refractivity contribution in [3.8, 4) is 0 Å². The fourth-order valence-corrected chi connectivity index (χ4v) is 3.18. The van der Waals surface area contributed by atoms with Crippen LogP contribution in [0.2, 0.25) is 0 Å². The molecule has 0 bridgehead atoms. The molecule has 0 atom stereocenters. The van der Waals surface area contributed by atoms with Crippen LogP contribution in [0, 0.1) is 6.92 Å². The smallest absolute Gasteiger partial charge is 0.316 e. The zero-order chi connectivity index (χ0) is 15.9. The van der Waals surface area contributed by atoms with E-state index in [0.29, 0.717) is 21.6 Å². The number of aryl methyl sites for hydroxylation is 1. The lowest BCUT2D eigenvalue weighted by molar-refractivity contribution is -0.139. The molecule has 0 saturated heterocycles. The van der Waals surface area contributed by atoms with Crippen molar-refractivity contribution in [1.82, 2.24) is 10.2 Å². The summed E-state index contributed by atoms with van der Waals surface area (Å²) in [4.78, 5) is 23.4. The number of carbonyl (C=O) groups is 2.